The molecule has 1 heterocycles. The second kappa shape index (κ2) is 6.97. The first kappa shape index (κ1) is 14.5. The smallest absolute Gasteiger partial charge is 0.241 e. The van der Waals surface area contributed by atoms with Crippen LogP contribution in [0.5, 0.6) is 0 Å². The summed E-state index contributed by atoms with van der Waals surface area (Å²) >= 11 is 0. The molecule has 0 aromatic carbocycles. The van der Waals surface area contributed by atoms with Gasteiger partial charge < -0.3 is 9.64 Å². The molecule has 1 fully saturated rings. The Bertz CT molecular complexity index is 244. The van der Waals surface area contributed by atoms with Crippen LogP contribution in [0.3, 0.4) is 0 Å². The number of carbonyl (C=O) groups excluding carboxylic acids is 1. The molecule has 1 N–H and O–H groups in total. The standard InChI is InChI=1S/C13H26N2O2/c1-5-7-11-14-12(10(3)4)13(16)15(11)8-9-17-6-2/h10-12,14H,5-9H2,1-4H3. The van der Waals surface area contributed by atoms with Crippen molar-refractivity contribution in [3.63, 3.8) is 0 Å². The first-order valence-corrected chi connectivity index (χ1v) is 6.76. The summed E-state index contributed by atoms with van der Waals surface area (Å²) in [5.41, 5.74) is 0. The Hall–Kier alpha value is -0.610. The molecule has 0 aliphatic carbocycles. The van der Waals surface area contributed by atoms with Gasteiger partial charge in [-0.05, 0) is 19.3 Å². The molecule has 0 radical (unpaired) electrons. The third-order valence-electron chi connectivity index (χ3n) is 3.21. The Kier molecular flexibility index (Phi) is 5.92. The van der Waals surface area contributed by atoms with Crippen LogP contribution in [0.4, 0.5) is 0 Å². The van der Waals surface area contributed by atoms with E-state index in [2.05, 4.69) is 26.1 Å². The summed E-state index contributed by atoms with van der Waals surface area (Å²) in [5.74, 6) is 0.581. The fraction of sp³-hybridized carbons (Fsp3) is 0.923. The fourth-order valence-corrected chi connectivity index (χ4v) is 2.26. The van der Waals surface area contributed by atoms with E-state index in [4.69, 9.17) is 4.74 Å². The van der Waals surface area contributed by atoms with Crippen LogP contribution in [-0.2, 0) is 9.53 Å². The molecule has 1 saturated heterocycles. The highest BCUT2D eigenvalue weighted by Gasteiger charge is 2.39. The maximum Gasteiger partial charge on any atom is 0.241 e. The molecule has 2 unspecified atom stereocenters. The molecule has 0 aromatic heterocycles. The Morgan fingerprint density at radius 3 is 2.65 bits per heavy atom. The molecule has 17 heavy (non-hydrogen) atoms. The van der Waals surface area contributed by atoms with Crippen molar-refractivity contribution < 1.29 is 9.53 Å². The Morgan fingerprint density at radius 1 is 1.41 bits per heavy atom. The van der Waals surface area contributed by atoms with Crippen LogP contribution in [-0.4, -0.2) is 42.8 Å². The molecule has 1 rings (SSSR count). The highest BCUT2D eigenvalue weighted by Crippen LogP contribution is 2.19. The van der Waals surface area contributed by atoms with Gasteiger partial charge >= 0.3 is 0 Å². The van der Waals surface area contributed by atoms with Gasteiger partial charge in [0, 0.05) is 13.2 Å². The van der Waals surface area contributed by atoms with Crippen molar-refractivity contribution in [2.45, 2.75) is 52.7 Å². The predicted octanol–water partition coefficient (Wildman–Crippen LogP) is 1.61. The lowest BCUT2D eigenvalue weighted by molar-refractivity contribution is -0.131. The van der Waals surface area contributed by atoms with Gasteiger partial charge in [-0.25, -0.2) is 0 Å². The first-order chi connectivity index (χ1) is 8.11. The van der Waals surface area contributed by atoms with Gasteiger partial charge in [0.15, 0.2) is 0 Å². The predicted molar refractivity (Wildman–Crippen MR) is 68.7 cm³/mol. The third-order valence-corrected chi connectivity index (χ3v) is 3.21. The summed E-state index contributed by atoms with van der Waals surface area (Å²) in [6, 6.07) is -0.0202. The molecule has 0 spiro atoms. The quantitative estimate of drug-likeness (QED) is 0.690. The van der Waals surface area contributed by atoms with E-state index in [0.29, 0.717) is 25.7 Å². The summed E-state index contributed by atoms with van der Waals surface area (Å²) in [6.07, 6.45) is 2.29. The van der Waals surface area contributed by atoms with Crippen LogP contribution in [0, 0.1) is 5.92 Å². The number of nitrogens with zero attached hydrogens (tertiary/aromatic N) is 1. The molecule has 2 atom stereocenters. The number of ether oxygens (including phenoxy) is 1. The van der Waals surface area contributed by atoms with Crippen molar-refractivity contribution in [3.8, 4) is 0 Å². The average Bonchev–Trinajstić information content (AvgIpc) is 2.58. The van der Waals surface area contributed by atoms with E-state index in [1.54, 1.807) is 0 Å². The van der Waals surface area contributed by atoms with Gasteiger partial charge in [0.1, 0.15) is 0 Å². The van der Waals surface area contributed by atoms with Crippen LogP contribution >= 0.6 is 0 Å². The largest absolute Gasteiger partial charge is 0.380 e. The Balaban J connectivity index is 2.58. The van der Waals surface area contributed by atoms with E-state index in [-0.39, 0.29) is 18.1 Å². The fourth-order valence-electron chi connectivity index (χ4n) is 2.26. The topological polar surface area (TPSA) is 41.6 Å². The number of amides is 1. The van der Waals surface area contributed by atoms with E-state index in [0.717, 1.165) is 12.8 Å². The van der Waals surface area contributed by atoms with Crippen molar-refractivity contribution in [3.05, 3.63) is 0 Å². The molecule has 100 valence electrons. The number of rotatable bonds is 7. The van der Waals surface area contributed by atoms with Crippen LogP contribution < -0.4 is 5.32 Å². The van der Waals surface area contributed by atoms with Gasteiger partial charge in [-0.15, -0.1) is 0 Å². The molecule has 1 aliphatic rings. The van der Waals surface area contributed by atoms with Crippen LogP contribution in [0.25, 0.3) is 0 Å². The number of hydrogen-bond donors (Lipinski definition) is 1. The highest BCUT2D eigenvalue weighted by atomic mass is 16.5. The minimum absolute atomic E-state index is 0.0202. The zero-order valence-corrected chi connectivity index (χ0v) is 11.5. The number of nitrogens with one attached hydrogen (secondary N) is 1. The molecule has 4 heteroatoms. The second-order valence-corrected chi connectivity index (χ2v) is 4.92. The van der Waals surface area contributed by atoms with Crippen molar-refractivity contribution >= 4 is 5.91 Å². The lowest BCUT2D eigenvalue weighted by atomic mass is 10.1. The molecular weight excluding hydrogens is 216 g/mol. The molecule has 0 aromatic rings. The third kappa shape index (κ3) is 3.68. The minimum Gasteiger partial charge on any atom is -0.380 e. The SMILES string of the molecule is CCCC1NC(C(C)C)C(=O)N1CCOCC. The van der Waals surface area contributed by atoms with Crippen molar-refractivity contribution in [2.24, 2.45) is 5.92 Å². The van der Waals surface area contributed by atoms with Gasteiger partial charge in [-0.2, -0.15) is 0 Å². The van der Waals surface area contributed by atoms with Gasteiger partial charge in [-0.1, -0.05) is 27.2 Å². The van der Waals surface area contributed by atoms with Crippen LogP contribution in [0.2, 0.25) is 0 Å². The molecule has 1 aliphatic heterocycles. The Labute approximate surface area is 105 Å². The van der Waals surface area contributed by atoms with Gasteiger partial charge in [0.05, 0.1) is 18.8 Å². The molecular formula is C13H26N2O2. The number of carbonyl (C=O) groups is 1. The summed E-state index contributed by atoms with van der Waals surface area (Å²) < 4.78 is 5.34. The van der Waals surface area contributed by atoms with Crippen molar-refractivity contribution in [1.29, 1.82) is 0 Å². The summed E-state index contributed by atoms with van der Waals surface area (Å²) in [5, 5.41) is 3.44. The maximum atomic E-state index is 12.2. The molecule has 4 nitrogen and oxygen atoms in total. The van der Waals surface area contributed by atoms with Crippen molar-refractivity contribution in [2.75, 3.05) is 19.8 Å². The van der Waals surface area contributed by atoms with Crippen LogP contribution in [0.15, 0.2) is 0 Å². The summed E-state index contributed by atoms with van der Waals surface area (Å²) in [6.45, 7) is 10.3. The maximum absolute atomic E-state index is 12.2. The van der Waals surface area contributed by atoms with E-state index < -0.39 is 0 Å². The highest BCUT2D eigenvalue weighted by molar-refractivity contribution is 5.84. The van der Waals surface area contributed by atoms with Gasteiger partial charge in [-0.3, -0.25) is 10.1 Å². The molecule has 1 amide bonds. The first-order valence-electron chi connectivity index (χ1n) is 6.76. The van der Waals surface area contributed by atoms with E-state index in [1.807, 2.05) is 11.8 Å². The summed E-state index contributed by atoms with van der Waals surface area (Å²) in [7, 11) is 0. The van der Waals surface area contributed by atoms with Crippen molar-refractivity contribution in [1.82, 2.24) is 10.2 Å². The normalized spacial score (nSPS) is 25.0. The number of hydrogen-bond acceptors (Lipinski definition) is 3. The van der Waals surface area contributed by atoms with E-state index >= 15 is 0 Å². The minimum atomic E-state index is -0.0202. The molecule has 0 bridgehead atoms. The molecule has 0 saturated carbocycles. The van der Waals surface area contributed by atoms with Gasteiger partial charge in [0.2, 0.25) is 5.91 Å². The second-order valence-electron chi connectivity index (χ2n) is 4.92. The van der Waals surface area contributed by atoms with E-state index in [1.165, 1.54) is 0 Å². The lowest BCUT2D eigenvalue weighted by Crippen LogP contribution is -2.39. The summed E-state index contributed by atoms with van der Waals surface area (Å²) in [4.78, 5) is 14.2. The zero-order valence-electron chi connectivity index (χ0n) is 11.5. The van der Waals surface area contributed by atoms with Crippen LogP contribution in [0.1, 0.15) is 40.5 Å². The van der Waals surface area contributed by atoms with E-state index in [9.17, 15) is 4.79 Å². The zero-order chi connectivity index (χ0) is 12.8. The monoisotopic (exact) mass is 242 g/mol. The Morgan fingerprint density at radius 2 is 2.12 bits per heavy atom. The lowest BCUT2D eigenvalue weighted by Gasteiger charge is -2.23. The average molecular weight is 242 g/mol. The van der Waals surface area contributed by atoms with Gasteiger partial charge in [0.25, 0.3) is 0 Å².